The lowest BCUT2D eigenvalue weighted by Crippen LogP contribution is -2.09. The molecule has 3 rings (SSSR count). The number of aromatic nitrogens is 5. The van der Waals surface area contributed by atoms with Gasteiger partial charge in [-0.1, -0.05) is 40.4 Å². The quantitative estimate of drug-likeness (QED) is 0.740. The molecule has 6 nitrogen and oxygen atoms in total. The van der Waals surface area contributed by atoms with Gasteiger partial charge in [0.2, 0.25) is 11.9 Å². The van der Waals surface area contributed by atoms with Crippen LogP contribution in [0.2, 0.25) is 10.0 Å². The Morgan fingerprint density at radius 2 is 2.05 bits per heavy atom. The van der Waals surface area contributed by atoms with E-state index in [4.69, 9.17) is 23.2 Å². The summed E-state index contributed by atoms with van der Waals surface area (Å²) in [6, 6.07) is 8.39. The van der Waals surface area contributed by atoms with Crippen molar-refractivity contribution in [1.29, 1.82) is 0 Å². The van der Waals surface area contributed by atoms with Crippen molar-refractivity contribution in [2.24, 2.45) is 0 Å². The van der Waals surface area contributed by atoms with Gasteiger partial charge in [0.25, 0.3) is 0 Å². The molecule has 0 radical (unpaired) electrons. The Morgan fingerprint density at radius 1 is 1.18 bits per heavy atom. The molecule has 0 bridgehead atoms. The lowest BCUT2D eigenvalue weighted by Gasteiger charge is -2.09. The number of rotatable bonds is 4. The van der Waals surface area contributed by atoms with Gasteiger partial charge in [0.05, 0.1) is 15.7 Å². The highest BCUT2D eigenvalue weighted by molar-refractivity contribution is 6.43. The number of hydrogen-bond acceptors (Lipinski definition) is 5. The van der Waals surface area contributed by atoms with Crippen LogP contribution in [0.3, 0.4) is 0 Å². The lowest BCUT2D eigenvalue weighted by molar-refractivity contribution is 0.569. The maximum absolute atomic E-state index is 13.5. The van der Waals surface area contributed by atoms with E-state index in [1.165, 1.54) is 10.9 Å². The van der Waals surface area contributed by atoms with E-state index in [0.29, 0.717) is 27.2 Å². The molecular weight excluding hydrogens is 330 g/mol. The van der Waals surface area contributed by atoms with Crippen molar-refractivity contribution in [3.63, 3.8) is 0 Å². The average molecular weight is 339 g/mol. The molecule has 0 atom stereocenters. The molecule has 0 spiro atoms. The molecule has 0 amide bonds. The number of benzene rings is 1. The van der Waals surface area contributed by atoms with Gasteiger partial charge >= 0.3 is 0 Å². The van der Waals surface area contributed by atoms with Gasteiger partial charge in [-0.2, -0.15) is 9.07 Å². The summed E-state index contributed by atoms with van der Waals surface area (Å²) in [4.78, 5) is 3.58. The molecule has 9 heteroatoms. The van der Waals surface area contributed by atoms with Crippen LogP contribution in [-0.2, 0) is 6.54 Å². The molecule has 0 aliphatic carbocycles. The average Bonchev–Trinajstić information content (AvgIpc) is 2.97. The normalized spacial score (nSPS) is 10.7. The Bertz CT molecular complexity index is 807. The van der Waals surface area contributed by atoms with Crippen LogP contribution in [0.4, 0.5) is 10.3 Å². The van der Waals surface area contributed by atoms with Gasteiger partial charge in [0.15, 0.2) is 0 Å². The summed E-state index contributed by atoms with van der Waals surface area (Å²) in [5.41, 5.74) is 0.919. The number of halogens is 3. The summed E-state index contributed by atoms with van der Waals surface area (Å²) in [5, 5.41) is 15.0. The van der Waals surface area contributed by atoms with Gasteiger partial charge in [-0.05, 0) is 28.6 Å². The van der Waals surface area contributed by atoms with Crippen molar-refractivity contribution < 1.29 is 4.39 Å². The molecule has 0 aliphatic rings. The minimum Gasteiger partial charge on any atom is -0.349 e. The largest absolute Gasteiger partial charge is 0.349 e. The molecule has 0 unspecified atom stereocenters. The molecule has 0 fully saturated rings. The topological polar surface area (TPSA) is 68.5 Å². The van der Waals surface area contributed by atoms with Crippen LogP contribution >= 0.6 is 23.2 Å². The summed E-state index contributed by atoms with van der Waals surface area (Å²) in [6.07, 6.45) is 1.38. The summed E-state index contributed by atoms with van der Waals surface area (Å²) in [7, 11) is 0. The van der Waals surface area contributed by atoms with Gasteiger partial charge in [0, 0.05) is 18.3 Å². The third-order valence-corrected chi connectivity index (χ3v) is 3.71. The Labute approximate surface area is 134 Å². The number of hydrogen-bond donors (Lipinski definition) is 1. The number of anilines is 1. The highest BCUT2D eigenvalue weighted by Crippen LogP contribution is 2.29. The smallest absolute Gasteiger partial charge is 0.248 e. The number of tetrazole rings is 1. The molecular formula is C13H9Cl2FN6. The van der Waals surface area contributed by atoms with Gasteiger partial charge < -0.3 is 5.32 Å². The van der Waals surface area contributed by atoms with E-state index in [-0.39, 0.29) is 6.54 Å². The zero-order chi connectivity index (χ0) is 15.5. The van der Waals surface area contributed by atoms with E-state index in [1.54, 1.807) is 30.3 Å². The Balaban J connectivity index is 1.87. The van der Waals surface area contributed by atoms with Crippen molar-refractivity contribution in [3.8, 4) is 5.69 Å². The Kier molecular flexibility index (Phi) is 4.17. The molecule has 22 heavy (non-hydrogen) atoms. The van der Waals surface area contributed by atoms with Crippen LogP contribution in [0.15, 0.2) is 36.5 Å². The van der Waals surface area contributed by atoms with E-state index in [9.17, 15) is 4.39 Å². The fourth-order valence-electron chi connectivity index (χ4n) is 1.84. The minimum atomic E-state index is -0.546. The van der Waals surface area contributed by atoms with Crippen LogP contribution in [0.25, 0.3) is 5.69 Å². The third kappa shape index (κ3) is 2.86. The standard InChI is InChI=1S/C13H9Cl2FN6/c14-9-4-1-5-10(11(9)15)22-13(19-20-21-22)18-7-8-3-2-6-17-12(8)16/h1-6H,7H2,(H,18,19,21). The molecule has 2 heterocycles. The second-order valence-corrected chi connectivity index (χ2v) is 5.08. The zero-order valence-electron chi connectivity index (χ0n) is 11.0. The highest BCUT2D eigenvalue weighted by atomic mass is 35.5. The van der Waals surface area contributed by atoms with E-state index in [0.717, 1.165) is 0 Å². The summed E-state index contributed by atoms with van der Waals surface area (Å²) in [5.74, 6) is -0.234. The number of pyridine rings is 1. The fourth-order valence-corrected chi connectivity index (χ4v) is 2.22. The lowest BCUT2D eigenvalue weighted by atomic mass is 10.3. The second-order valence-electron chi connectivity index (χ2n) is 4.29. The van der Waals surface area contributed by atoms with Gasteiger partial charge in [-0.15, -0.1) is 0 Å². The molecule has 0 saturated heterocycles. The summed E-state index contributed by atoms with van der Waals surface area (Å²) in [6.45, 7) is 0.179. The van der Waals surface area contributed by atoms with E-state index >= 15 is 0 Å². The second kappa shape index (κ2) is 6.25. The van der Waals surface area contributed by atoms with E-state index in [1.807, 2.05) is 0 Å². The number of nitrogens with zero attached hydrogens (tertiary/aromatic N) is 5. The fraction of sp³-hybridized carbons (Fsp3) is 0.0769. The molecule has 112 valence electrons. The predicted molar refractivity (Wildman–Crippen MR) is 80.7 cm³/mol. The van der Waals surface area contributed by atoms with Crippen LogP contribution < -0.4 is 5.32 Å². The maximum atomic E-state index is 13.5. The van der Waals surface area contributed by atoms with E-state index < -0.39 is 5.95 Å². The van der Waals surface area contributed by atoms with Crippen LogP contribution in [0.1, 0.15) is 5.56 Å². The van der Waals surface area contributed by atoms with Gasteiger partial charge in [-0.25, -0.2) is 4.98 Å². The van der Waals surface area contributed by atoms with Gasteiger partial charge in [-0.3, -0.25) is 0 Å². The Hall–Kier alpha value is -2.25. The number of nitrogens with one attached hydrogen (secondary N) is 1. The first-order valence-corrected chi connectivity index (χ1v) is 6.98. The van der Waals surface area contributed by atoms with Crippen molar-refractivity contribution in [2.75, 3.05) is 5.32 Å². The van der Waals surface area contributed by atoms with Crippen molar-refractivity contribution in [2.45, 2.75) is 6.54 Å². The zero-order valence-corrected chi connectivity index (χ0v) is 12.6. The minimum absolute atomic E-state index is 0.179. The molecule has 0 saturated carbocycles. The molecule has 0 aliphatic heterocycles. The third-order valence-electron chi connectivity index (χ3n) is 2.90. The van der Waals surface area contributed by atoms with Crippen molar-refractivity contribution in [3.05, 3.63) is 58.1 Å². The van der Waals surface area contributed by atoms with Crippen LogP contribution in [0, 0.1) is 5.95 Å². The van der Waals surface area contributed by atoms with Gasteiger partial charge in [0.1, 0.15) is 0 Å². The first-order valence-electron chi connectivity index (χ1n) is 6.23. The first-order chi connectivity index (χ1) is 10.7. The predicted octanol–water partition coefficient (Wildman–Crippen LogP) is 3.12. The Morgan fingerprint density at radius 3 is 2.86 bits per heavy atom. The SMILES string of the molecule is Fc1ncccc1CNc1nnnn1-c1cccc(Cl)c1Cl. The summed E-state index contributed by atoms with van der Waals surface area (Å²) < 4.78 is 14.9. The van der Waals surface area contributed by atoms with Crippen LogP contribution in [-0.4, -0.2) is 25.2 Å². The van der Waals surface area contributed by atoms with E-state index in [2.05, 4.69) is 25.8 Å². The molecule has 1 aromatic carbocycles. The molecule has 3 aromatic rings. The monoisotopic (exact) mass is 338 g/mol. The summed E-state index contributed by atoms with van der Waals surface area (Å²) >= 11 is 12.1. The molecule has 2 aromatic heterocycles. The first kappa shape index (κ1) is 14.7. The van der Waals surface area contributed by atoms with Crippen molar-refractivity contribution >= 4 is 29.2 Å². The van der Waals surface area contributed by atoms with Crippen molar-refractivity contribution in [1.82, 2.24) is 25.2 Å². The molecule has 1 N–H and O–H groups in total. The maximum Gasteiger partial charge on any atom is 0.248 e. The highest BCUT2D eigenvalue weighted by Gasteiger charge is 2.13. The van der Waals surface area contributed by atoms with Crippen LogP contribution in [0.5, 0.6) is 0 Å².